The highest BCUT2D eigenvalue weighted by molar-refractivity contribution is 7.89. The number of halogens is 1. The highest BCUT2D eigenvalue weighted by Crippen LogP contribution is 2.39. The van der Waals surface area contributed by atoms with Gasteiger partial charge in [0.25, 0.3) is 0 Å². The van der Waals surface area contributed by atoms with Crippen LogP contribution < -0.4 is 9.46 Å². The van der Waals surface area contributed by atoms with E-state index in [1.165, 1.54) is 18.1 Å². The molecular weight excluding hydrogens is 464 g/mol. The van der Waals surface area contributed by atoms with Gasteiger partial charge in [0.2, 0.25) is 21.8 Å². The largest absolute Gasteiger partial charge is 0.495 e. The van der Waals surface area contributed by atoms with Gasteiger partial charge >= 0.3 is 0 Å². The number of ether oxygens (including phenoxy) is 1. The van der Waals surface area contributed by atoms with Crippen LogP contribution in [-0.2, 0) is 26.2 Å². The highest BCUT2D eigenvalue weighted by atomic mass is 35.5. The third kappa shape index (κ3) is 4.78. The quantitative estimate of drug-likeness (QED) is 0.591. The first-order valence-electron chi connectivity index (χ1n) is 11.0. The van der Waals surface area contributed by atoms with Gasteiger partial charge in [0, 0.05) is 11.1 Å². The van der Waals surface area contributed by atoms with Crippen LogP contribution in [0.2, 0.25) is 5.02 Å². The summed E-state index contributed by atoms with van der Waals surface area (Å²) in [5.41, 5.74) is 1.31. The van der Waals surface area contributed by atoms with E-state index in [-0.39, 0.29) is 40.8 Å². The molecule has 1 aliphatic heterocycles. The van der Waals surface area contributed by atoms with Gasteiger partial charge in [0.05, 0.1) is 25.5 Å². The molecule has 2 fully saturated rings. The number of carbonyl (C=O) groups is 2. The summed E-state index contributed by atoms with van der Waals surface area (Å²) >= 11 is 5.93. The fraction of sp³-hybridized carbons (Fsp3) is 0.417. The molecular formula is C24H27ClN2O5S. The molecule has 1 heterocycles. The summed E-state index contributed by atoms with van der Waals surface area (Å²) in [4.78, 5) is 26.9. The average Bonchev–Trinajstić information content (AvgIpc) is 3.04. The van der Waals surface area contributed by atoms with E-state index in [4.69, 9.17) is 16.3 Å². The first-order valence-corrected chi connectivity index (χ1v) is 12.9. The Hall–Kier alpha value is -2.42. The fourth-order valence-electron chi connectivity index (χ4n) is 4.71. The van der Waals surface area contributed by atoms with Crippen LogP contribution in [0.25, 0.3) is 0 Å². The predicted molar refractivity (Wildman–Crippen MR) is 124 cm³/mol. The summed E-state index contributed by atoms with van der Waals surface area (Å²) < 4.78 is 34.4. The summed E-state index contributed by atoms with van der Waals surface area (Å²) in [7, 11) is -2.56. The maximum atomic E-state index is 13.2. The lowest BCUT2D eigenvalue weighted by Gasteiger charge is -2.19. The molecule has 7 nitrogen and oxygen atoms in total. The highest BCUT2D eigenvalue weighted by Gasteiger charge is 2.47. The topological polar surface area (TPSA) is 92.8 Å². The van der Waals surface area contributed by atoms with Crippen molar-refractivity contribution in [3.8, 4) is 5.75 Å². The molecule has 0 spiro atoms. The Kier molecular flexibility index (Phi) is 6.79. The van der Waals surface area contributed by atoms with Crippen molar-refractivity contribution in [2.45, 2.75) is 50.1 Å². The van der Waals surface area contributed by atoms with E-state index in [1.807, 2.05) is 0 Å². The summed E-state index contributed by atoms with van der Waals surface area (Å²) in [5, 5.41) is 0.564. The number of nitrogens with zero attached hydrogens (tertiary/aromatic N) is 1. The molecule has 0 radical (unpaired) electrons. The van der Waals surface area contributed by atoms with Crippen LogP contribution in [0.5, 0.6) is 5.75 Å². The molecule has 2 aromatic carbocycles. The Bertz CT molecular complexity index is 1140. The van der Waals surface area contributed by atoms with Gasteiger partial charge in [-0.1, -0.05) is 42.6 Å². The normalized spacial score (nSPS) is 21.7. The van der Waals surface area contributed by atoms with Gasteiger partial charge in [0.1, 0.15) is 10.6 Å². The number of methoxy groups -OCH3 is 1. The molecule has 2 aliphatic rings. The second-order valence-corrected chi connectivity index (χ2v) is 10.8. The van der Waals surface area contributed by atoms with E-state index in [0.717, 1.165) is 31.2 Å². The number of carbonyl (C=O) groups excluding carboxylic acids is 2. The van der Waals surface area contributed by atoms with E-state index in [2.05, 4.69) is 4.72 Å². The minimum Gasteiger partial charge on any atom is -0.495 e. The van der Waals surface area contributed by atoms with E-state index in [1.54, 1.807) is 43.3 Å². The summed E-state index contributed by atoms with van der Waals surface area (Å²) in [6, 6.07) is 11.1. The zero-order valence-electron chi connectivity index (χ0n) is 18.6. The van der Waals surface area contributed by atoms with Crippen molar-refractivity contribution >= 4 is 33.4 Å². The maximum Gasteiger partial charge on any atom is 0.244 e. The molecule has 4 rings (SSSR count). The van der Waals surface area contributed by atoms with Crippen molar-refractivity contribution in [2.24, 2.45) is 11.8 Å². The first-order chi connectivity index (χ1) is 15.7. The number of imide groups is 1. The molecule has 2 unspecified atom stereocenters. The van der Waals surface area contributed by atoms with Crippen LogP contribution in [0.1, 0.15) is 49.8 Å². The summed E-state index contributed by atoms with van der Waals surface area (Å²) in [5.74, 6) is -0.606. The molecule has 2 aromatic rings. The zero-order valence-corrected chi connectivity index (χ0v) is 20.2. The lowest BCUT2D eigenvalue weighted by atomic mass is 9.81. The number of rotatable bonds is 7. The lowest BCUT2D eigenvalue weighted by molar-refractivity contribution is -0.140. The van der Waals surface area contributed by atoms with Crippen molar-refractivity contribution in [3.63, 3.8) is 0 Å². The van der Waals surface area contributed by atoms with E-state index in [0.29, 0.717) is 10.6 Å². The third-order valence-corrected chi connectivity index (χ3v) is 8.31. The van der Waals surface area contributed by atoms with E-state index >= 15 is 0 Å². The summed E-state index contributed by atoms with van der Waals surface area (Å²) in [6.45, 7) is 1.78. The van der Waals surface area contributed by atoms with Gasteiger partial charge in [-0.05, 0) is 55.2 Å². The minimum atomic E-state index is -3.96. The van der Waals surface area contributed by atoms with Gasteiger partial charge in [-0.15, -0.1) is 0 Å². The number of hydrogen-bond acceptors (Lipinski definition) is 5. The lowest BCUT2D eigenvalue weighted by Crippen LogP contribution is -2.31. The Balaban J connectivity index is 1.58. The number of fused-ring (bicyclic) bond motifs is 1. The van der Waals surface area contributed by atoms with E-state index < -0.39 is 16.1 Å². The molecule has 1 aliphatic carbocycles. The van der Waals surface area contributed by atoms with Crippen molar-refractivity contribution in [1.29, 1.82) is 0 Å². The molecule has 33 heavy (non-hydrogen) atoms. The number of amides is 2. The molecule has 1 saturated heterocycles. The molecule has 0 aromatic heterocycles. The van der Waals surface area contributed by atoms with Gasteiger partial charge in [0.15, 0.2) is 0 Å². The van der Waals surface area contributed by atoms with Crippen molar-refractivity contribution in [3.05, 3.63) is 58.6 Å². The molecule has 2 amide bonds. The van der Waals surface area contributed by atoms with Crippen LogP contribution in [0, 0.1) is 11.8 Å². The Morgan fingerprint density at radius 2 is 1.67 bits per heavy atom. The maximum absolute atomic E-state index is 13.2. The van der Waals surface area contributed by atoms with Crippen LogP contribution in [0.4, 0.5) is 0 Å². The van der Waals surface area contributed by atoms with Crippen molar-refractivity contribution in [1.82, 2.24) is 9.62 Å². The Morgan fingerprint density at radius 3 is 2.24 bits per heavy atom. The van der Waals surface area contributed by atoms with Crippen LogP contribution >= 0.6 is 11.6 Å². The zero-order chi connectivity index (χ0) is 23.8. The molecule has 3 atom stereocenters. The smallest absolute Gasteiger partial charge is 0.244 e. The van der Waals surface area contributed by atoms with Gasteiger partial charge in [-0.3, -0.25) is 14.5 Å². The predicted octanol–water partition coefficient (Wildman–Crippen LogP) is 4.06. The number of likely N-dealkylation sites (tertiary alicyclic amines) is 1. The monoisotopic (exact) mass is 490 g/mol. The number of nitrogens with one attached hydrogen (secondary N) is 1. The van der Waals surface area contributed by atoms with Gasteiger partial charge in [-0.25, -0.2) is 13.1 Å². The number of hydrogen-bond donors (Lipinski definition) is 1. The average molecular weight is 491 g/mol. The second-order valence-electron chi connectivity index (χ2n) is 8.64. The standard InChI is InChI=1S/C24H27ClN2O5S/c1-15(17-8-10-18(25)11-9-17)26-33(30,31)22-13-16(7-12-21(22)32-2)14-27-23(28)19-5-3-4-6-20(19)24(27)29/h7-13,15,19-20,26H,3-6,14H2,1-2H3/t15-,19?,20?/m0/s1. The fourth-order valence-corrected chi connectivity index (χ4v) is 6.29. The van der Waals surface area contributed by atoms with Gasteiger partial charge < -0.3 is 4.74 Å². The third-order valence-electron chi connectivity index (χ3n) is 6.49. The Morgan fingerprint density at radius 1 is 1.06 bits per heavy atom. The van der Waals surface area contributed by atoms with E-state index in [9.17, 15) is 18.0 Å². The number of benzene rings is 2. The van der Waals surface area contributed by atoms with Crippen LogP contribution in [0.15, 0.2) is 47.4 Å². The minimum absolute atomic E-state index is 0.0418. The molecule has 1 N–H and O–H groups in total. The molecule has 9 heteroatoms. The molecule has 176 valence electrons. The second kappa shape index (κ2) is 9.44. The van der Waals surface area contributed by atoms with Crippen LogP contribution in [0.3, 0.4) is 0 Å². The Labute approximate surface area is 199 Å². The number of sulfonamides is 1. The van der Waals surface area contributed by atoms with Crippen molar-refractivity contribution in [2.75, 3.05) is 7.11 Å². The van der Waals surface area contributed by atoms with Crippen LogP contribution in [-0.4, -0.2) is 32.2 Å². The van der Waals surface area contributed by atoms with Crippen molar-refractivity contribution < 1.29 is 22.7 Å². The SMILES string of the molecule is COc1ccc(CN2C(=O)C3CCCCC3C2=O)cc1S(=O)(=O)N[C@@H](C)c1ccc(Cl)cc1. The summed E-state index contributed by atoms with van der Waals surface area (Å²) in [6.07, 6.45) is 3.38. The van der Waals surface area contributed by atoms with Gasteiger partial charge in [-0.2, -0.15) is 0 Å². The molecule has 1 saturated carbocycles. The first kappa shape index (κ1) is 23.7. The molecule has 0 bridgehead atoms.